The molecule has 1 aliphatic rings. The number of hydrogen-bond acceptors (Lipinski definition) is 2. The Morgan fingerprint density at radius 3 is 1.82 bits per heavy atom. The van der Waals surface area contributed by atoms with Crippen LogP contribution in [0.15, 0.2) is 0 Å². The van der Waals surface area contributed by atoms with Gasteiger partial charge in [0, 0.05) is 13.2 Å². The molecular formula is C4H7BF3KO2. The Balaban J connectivity index is 0.000001000. The molecule has 7 heteroatoms. The van der Waals surface area contributed by atoms with Crippen LogP contribution in [-0.2, 0) is 9.47 Å². The van der Waals surface area contributed by atoms with Crippen molar-refractivity contribution in [2.24, 2.45) is 0 Å². The molecule has 0 N–H and O–H groups in total. The predicted molar refractivity (Wildman–Crippen MR) is 29.6 cm³/mol. The first-order valence-electron chi connectivity index (χ1n) is 2.96. The third kappa shape index (κ3) is 4.26. The Morgan fingerprint density at radius 1 is 1.09 bits per heavy atom. The molecule has 0 spiro atoms. The van der Waals surface area contributed by atoms with E-state index in [0.29, 0.717) is 0 Å². The molecule has 11 heavy (non-hydrogen) atoms. The van der Waals surface area contributed by atoms with Crippen LogP contribution in [0.3, 0.4) is 0 Å². The van der Waals surface area contributed by atoms with E-state index in [9.17, 15) is 12.9 Å². The second-order valence-electron chi connectivity index (χ2n) is 2.24. The Bertz CT molecular complexity index is 114. The molecule has 60 valence electrons. The van der Waals surface area contributed by atoms with Gasteiger partial charge in [0.15, 0.2) is 0 Å². The molecule has 0 aliphatic carbocycles. The fourth-order valence-corrected chi connectivity index (χ4v) is 0.724. The maximum absolute atomic E-state index is 11.8. The van der Waals surface area contributed by atoms with Crippen molar-refractivity contribution in [3.63, 3.8) is 0 Å². The number of hydrogen-bond donors (Lipinski definition) is 0. The number of ether oxygens (including phenoxy) is 2. The van der Waals surface area contributed by atoms with Crippen molar-refractivity contribution in [1.82, 2.24) is 0 Å². The maximum Gasteiger partial charge on any atom is 1.00 e. The van der Waals surface area contributed by atoms with E-state index in [1.165, 1.54) is 0 Å². The summed E-state index contributed by atoms with van der Waals surface area (Å²) in [5.74, 6) is -1.38. The van der Waals surface area contributed by atoms with Gasteiger partial charge in [-0.25, -0.2) is 0 Å². The Kier molecular flexibility index (Phi) is 5.88. The molecule has 0 bridgehead atoms. The molecule has 1 fully saturated rings. The van der Waals surface area contributed by atoms with Gasteiger partial charge < -0.3 is 22.4 Å². The Hall–Kier alpha value is 1.41. The molecule has 0 aromatic heterocycles. The van der Waals surface area contributed by atoms with Crippen LogP contribution in [0.5, 0.6) is 0 Å². The largest absolute Gasteiger partial charge is 1.00 e. The summed E-state index contributed by atoms with van der Waals surface area (Å²) in [6.45, 7) is -5.28. The normalized spacial score (nSPS) is 21.0. The second kappa shape index (κ2) is 5.21. The minimum atomic E-state index is -4.78. The molecule has 2 nitrogen and oxygen atoms in total. The summed E-state index contributed by atoms with van der Waals surface area (Å²) in [7, 11) is 0. The van der Waals surface area contributed by atoms with Gasteiger partial charge >= 0.3 is 58.4 Å². The molecular weight excluding hydrogens is 187 g/mol. The molecule has 0 atom stereocenters. The van der Waals surface area contributed by atoms with Gasteiger partial charge in [-0.05, 0) is 5.82 Å². The van der Waals surface area contributed by atoms with Crippen LogP contribution >= 0.6 is 0 Å². The van der Waals surface area contributed by atoms with Gasteiger partial charge in [-0.15, -0.1) is 0 Å². The summed E-state index contributed by atoms with van der Waals surface area (Å²) < 4.78 is 44.5. The smallest absolute Gasteiger partial charge is 0.449 e. The average molecular weight is 194 g/mol. The quantitative estimate of drug-likeness (QED) is 0.459. The molecule has 1 aliphatic heterocycles. The minimum absolute atomic E-state index is 0. The monoisotopic (exact) mass is 194 g/mol. The zero-order valence-electron chi connectivity index (χ0n) is 6.23. The molecule has 0 unspecified atom stereocenters. The van der Waals surface area contributed by atoms with E-state index >= 15 is 0 Å². The standard InChI is InChI=1S/C4H7BF3O2.K/c6-5(7,8)4-1-9-3-10-2-4;/h4H,1-3H2;/q-1;+1. The zero-order chi connectivity index (χ0) is 7.61. The van der Waals surface area contributed by atoms with Gasteiger partial charge in [-0.2, -0.15) is 0 Å². The summed E-state index contributed by atoms with van der Waals surface area (Å²) >= 11 is 0. The summed E-state index contributed by atoms with van der Waals surface area (Å²) in [4.78, 5) is 0. The van der Waals surface area contributed by atoms with Crippen LogP contribution in [0.4, 0.5) is 12.9 Å². The summed E-state index contributed by atoms with van der Waals surface area (Å²) in [6.07, 6.45) is 0. The minimum Gasteiger partial charge on any atom is -0.449 e. The SMILES string of the molecule is F[B-](F)(F)C1COCOC1.[K+]. The molecule has 0 saturated carbocycles. The molecule has 0 aromatic carbocycles. The van der Waals surface area contributed by atoms with Gasteiger partial charge in [0.25, 0.3) is 0 Å². The topological polar surface area (TPSA) is 18.5 Å². The van der Waals surface area contributed by atoms with Crippen molar-refractivity contribution in [3.8, 4) is 0 Å². The summed E-state index contributed by atoms with van der Waals surface area (Å²) in [5.41, 5.74) is 0. The van der Waals surface area contributed by atoms with Crippen molar-refractivity contribution in [3.05, 3.63) is 0 Å². The predicted octanol–water partition coefficient (Wildman–Crippen LogP) is -1.79. The van der Waals surface area contributed by atoms with Crippen molar-refractivity contribution in [2.45, 2.75) is 5.82 Å². The van der Waals surface area contributed by atoms with E-state index in [-0.39, 0.29) is 71.4 Å². The molecule has 0 radical (unpaired) electrons. The van der Waals surface area contributed by atoms with E-state index in [1.54, 1.807) is 0 Å². The van der Waals surface area contributed by atoms with Crippen LogP contribution in [-0.4, -0.2) is 27.0 Å². The van der Waals surface area contributed by atoms with Crippen molar-refractivity contribution < 1.29 is 73.8 Å². The third-order valence-electron chi connectivity index (χ3n) is 1.37. The van der Waals surface area contributed by atoms with E-state index in [1.807, 2.05) is 0 Å². The average Bonchev–Trinajstić information content (AvgIpc) is 1.88. The van der Waals surface area contributed by atoms with Crippen LogP contribution in [0.25, 0.3) is 0 Å². The van der Waals surface area contributed by atoms with Gasteiger partial charge in [0.05, 0.1) is 0 Å². The van der Waals surface area contributed by atoms with Crippen LogP contribution < -0.4 is 51.4 Å². The first-order chi connectivity index (χ1) is 4.61. The van der Waals surface area contributed by atoms with Crippen LogP contribution in [0.2, 0.25) is 5.82 Å². The van der Waals surface area contributed by atoms with Gasteiger partial charge in [0.2, 0.25) is 0 Å². The molecule has 1 heterocycles. The van der Waals surface area contributed by atoms with Gasteiger partial charge in [0.1, 0.15) is 6.79 Å². The zero-order valence-corrected chi connectivity index (χ0v) is 9.35. The van der Waals surface area contributed by atoms with E-state index in [2.05, 4.69) is 9.47 Å². The second-order valence-corrected chi connectivity index (χ2v) is 2.24. The Labute approximate surface area is 105 Å². The third-order valence-corrected chi connectivity index (χ3v) is 1.37. The van der Waals surface area contributed by atoms with Gasteiger partial charge in [-0.3, -0.25) is 0 Å². The van der Waals surface area contributed by atoms with E-state index in [4.69, 9.17) is 0 Å². The van der Waals surface area contributed by atoms with Crippen molar-refractivity contribution in [2.75, 3.05) is 20.0 Å². The maximum atomic E-state index is 11.8. The summed E-state index contributed by atoms with van der Waals surface area (Å²) in [5, 5.41) is 0. The van der Waals surface area contributed by atoms with Crippen molar-refractivity contribution >= 4 is 6.98 Å². The number of rotatable bonds is 1. The molecule has 0 amide bonds. The van der Waals surface area contributed by atoms with Gasteiger partial charge in [-0.1, -0.05) is 0 Å². The van der Waals surface area contributed by atoms with Crippen LogP contribution in [0.1, 0.15) is 0 Å². The first kappa shape index (κ1) is 12.4. The van der Waals surface area contributed by atoms with E-state index < -0.39 is 12.8 Å². The van der Waals surface area contributed by atoms with Crippen LogP contribution in [0, 0.1) is 0 Å². The Morgan fingerprint density at radius 2 is 1.55 bits per heavy atom. The fourth-order valence-electron chi connectivity index (χ4n) is 0.724. The molecule has 1 rings (SSSR count). The molecule has 0 aromatic rings. The van der Waals surface area contributed by atoms with E-state index in [0.717, 1.165) is 0 Å². The van der Waals surface area contributed by atoms with Crippen molar-refractivity contribution in [1.29, 1.82) is 0 Å². The first-order valence-corrected chi connectivity index (χ1v) is 2.96. The fraction of sp³-hybridized carbons (Fsp3) is 1.00. The summed E-state index contributed by atoms with van der Waals surface area (Å²) in [6, 6.07) is 0. The number of halogens is 3. The molecule has 1 saturated heterocycles.